The summed E-state index contributed by atoms with van der Waals surface area (Å²) in [7, 11) is 0. The summed E-state index contributed by atoms with van der Waals surface area (Å²) in [5.74, 6) is 0.628. The van der Waals surface area contributed by atoms with Gasteiger partial charge in [-0.2, -0.15) is 0 Å². The second-order valence-electron chi connectivity index (χ2n) is 3.61. The van der Waals surface area contributed by atoms with Crippen LogP contribution in [0.1, 0.15) is 52.0 Å². The Morgan fingerprint density at radius 3 is 2.43 bits per heavy atom. The zero-order valence-corrected chi connectivity index (χ0v) is 9.63. The van der Waals surface area contributed by atoms with E-state index in [1.54, 1.807) is 11.8 Å². The van der Waals surface area contributed by atoms with Crippen LogP contribution in [0.15, 0.2) is 34.2 Å². The van der Waals surface area contributed by atoms with Gasteiger partial charge in [-0.25, -0.2) is 0 Å². The lowest BCUT2D eigenvalue weighted by molar-refractivity contribution is 0.560. The fraction of sp³-hybridized carbons (Fsp3) is 0.538. The molecule has 1 unspecified atom stereocenters. The quantitative estimate of drug-likeness (QED) is 0.596. The molecule has 0 radical (unpaired) electrons. The van der Waals surface area contributed by atoms with Crippen molar-refractivity contribution in [2.24, 2.45) is 0 Å². The number of rotatable bonds is 1. The highest BCUT2D eigenvalue weighted by atomic mass is 16.3. The Hall–Kier alpha value is -0.980. The molecule has 0 saturated heterocycles. The molecule has 1 aliphatic carbocycles. The molecular weight excluding hydrogens is 172 g/mol. The van der Waals surface area contributed by atoms with E-state index < -0.39 is 0 Å². The molecule has 1 atom stereocenters. The summed E-state index contributed by atoms with van der Waals surface area (Å²) >= 11 is 0. The zero-order valence-electron chi connectivity index (χ0n) is 9.63. The van der Waals surface area contributed by atoms with Crippen molar-refractivity contribution in [2.75, 3.05) is 0 Å². The topological polar surface area (TPSA) is 13.1 Å². The molecule has 0 saturated carbocycles. The van der Waals surface area contributed by atoms with Crippen molar-refractivity contribution in [1.29, 1.82) is 0 Å². The van der Waals surface area contributed by atoms with Crippen LogP contribution >= 0.6 is 0 Å². The second-order valence-corrected chi connectivity index (χ2v) is 3.61. The fourth-order valence-corrected chi connectivity index (χ4v) is 1.96. The van der Waals surface area contributed by atoms with Crippen LogP contribution in [0.5, 0.6) is 0 Å². The van der Waals surface area contributed by atoms with Crippen molar-refractivity contribution in [3.63, 3.8) is 0 Å². The molecule has 0 amide bonds. The third-order valence-corrected chi connectivity index (χ3v) is 2.95. The van der Waals surface area contributed by atoms with Gasteiger partial charge in [-0.1, -0.05) is 25.0 Å². The third-order valence-electron chi connectivity index (χ3n) is 2.95. The van der Waals surface area contributed by atoms with Gasteiger partial charge in [-0.05, 0) is 38.3 Å². The van der Waals surface area contributed by atoms with Crippen LogP contribution in [0, 0.1) is 0 Å². The van der Waals surface area contributed by atoms with Crippen LogP contribution in [-0.4, -0.2) is 0 Å². The minimum atomic E-state index is 0.628. The van der Waals surface area contributed by atoms with Crippen LogP contribution < -0.4 is 0 Å². The van der Waals surface area contributed by atoms with E-state index in [0.29, 0.717) is 5.92 Å². The van der Waals surface area contributed by atoms with Gasteiger partial charge < -0.3 is 4.42 Å². The highest BCUT2D eigenvalue weighted by Gasteiger charge is 2.21. The molecule has 0 aliphatic heterocycles. The molecule has 1 heteroatoms. The van der Waals surface area contributed by atoms with E-state index in [4.69, 9.17) is 4.42 Å². The second kappa shape index (κ2) is 5.04. The Kier molecular flexibility index (Phi) is 3.99. The summed E-state index contributed by atoms with van der Waals surface area (Å²) < 4.78 is 5.09. The van der Waals surface area contributed by atoms with Crippen LogP contribution in [0.3, 0.4) is 0 Å². The van der Waals surface area contributed by atoms with E-state index in [1.165, 1.54) is 24.0 Å². The lowest BCUT2D eigenvalue weighted by atomic mass is 9.96. The maximum atomic E-state index is 5.09. The Morgan fingerprint density at radius 2 is 2.00 bits per heavy atom. The van der Waals surface area contributed by atoms with Gasteiger partial charge in [0, 0.05) is 5.92 Å². The molecule has 2 rings (SSSR count). The van der Waals surface area contributed by atoms with Gasteiger partial charge in [0.15, 0.2) is 0 Å². The van der Waals surface area contributed by atoms with E-state index in [1.807, 2.05) is 20.1 Å². The van der Waals surface area contributed by atoms with E-state index in [9.17, 15) is 0 Å². The fourth-order valence-electron chi connectivity index (χ4n) is 1.96. The normalized spacial score (nSPS) is 20.7. The Morgan fingerprint density at radius 1 is 1.29 bits per heavy atom. The van der Waals surface area contributed by atoms with Crippen molar-refractivity contribution in [2.45, 2.75) is 46.5 Å². The average molecular weight is 192 g/mol. The maximum absolute atomic E-state index is 5.09. The van der Waals surface area contributed by atoms with Crippen molar-refractivity contribution in [1.82, 2.24) is 0 Å². The van der Waals surface area contributed by atoms with Crippen molar-refractivity contribution in [3.8, 4) is 0 Å². The van der Waals surface area contributed by atoms with E-state index in [0.717, 1.165) is 0 Å². The Labute approximate surface area is 86.8 Å². The molecule has 0 N–H and O–H groups in total. The molecule has 0 aromatic carbocycles. The van der Waals surface area contributed by atoms with Crippen LogP contribution in [0.25, 0.3) is 0 Å². The summed E-state index contributed by atoms with van der Waals surface area (Å²) in [5, 5.41) is 0. The first-order valence-corrected chi connectivity index (χ1v) is 5.47. The van der Waals surface area contributed by atoms with Crippen LogP contribution in [0.4, 0.5) is 0 Å². The third kappa shape index (κ3) is 2.09. The van der Waals surface area contributed by atoms with Crippen LogP contribution in [-0.2, 0) is 0 Å². The summed E-state index contributed by atoms with van der Waals surface area (Å²) in [6.45, 7) is 8.47. The Balaban J connectivity index is 0.000000461. The minimum absolute atomic E-state index is 0.628. The molecule has 14 heavy (non-hydrogen) atoms. The van der Waals surface area contributed by atoms with Gasteiger partial charge >= 0.3 is 0 Å². The first-order chi connectivity index (χ1) is 6.79. The average Bonchev–Trinajstić information content (AvgIpc) is 2.82. The molecule has 0 bridgehead atoms. The SMILES string of the molecule is CC.CC1=C(C)C(c2ccoc2)CC1. The Bertz CT molecular complexity index is 293. The number of furan rings is 1. The summed E-state index contributed by atoms with van der Waals surface area (Å²) in [6, 6.07) is 2.08. The molecule has 1 aromatic rings. The van der Waals surface area contributed by atoms with Crippen molar-refractivity contribution < 1.29 is 4.42 Å². The summed E-state index contributed by atoms with van der Waals surface area (Å²) in [5.41, 5.74) is 4.43. The van der Waals surface area contributed by atoms with E-state index >= 15 is 0 Å². The first-order valence-electron chi connectivity index (χ1n) is 5.47. The van der Waals surface area contributed by atoms with Gasteiger partial charge in [0.05, 0.1) is 12.5 Å². The molecule has 1 aliphatic rings. The number of allylic oxidation sites excluding steroid dienone is 2. The maximum Gasteiger partial charge on any atom is 0.0940 e. The highest BCUT2D eigenvalue weighted by Crippen LogP contribution is 2.38. The monoisotopic (exact) mass is 192 g/mol. The lowest BCUT2D eigenvalue weighted by Gasteiger charge is -2.07. The molecular formula is C13H20O. The molecule has 1 aromatic heterocycles. The van der Waals surface area contributed by atoms with E-state index in [2.05, 4.69) is 19.9 Å². The number of hydrogen-bond donors (Lipinski definition) is 0. The molecule has 0 fully saturated rings. The lowest BCUT2D eigenvalue weighted by Crippen LogP contribution is -1.92. The highest BCUT2D eigenvalue weighted by molar-refractivity contribution is 5.31. The molecule has 1 nitrogen and oxygen atoms in total. The predicted molar refractivity (Wildman–Crippen MR) is 60.4 cm³/mol. The van der Waals surface area contributed by atoms with Crippen LogP contribution in [0.2, 0.25) is 0 Å². The zero-order chi connectivity index (χ0) is 10.6. The predicted octanol–water partition coefficient (Wildman–Crippen LogP) is 4.52. The van der Waals surface area contributed by atoms with E-state index in [-0.39, 0.29) is 0 Å². The van der Waals surface area contributed by atoms with Crippen molar-refractivity contribution >= 4 is 0 Å². The molecule has 1 heterocycles. The van der Waals surface area contributed by atoms with Crippen molar-refractivity contribution in [3.05, 3.63) is 35.3 Å². The van der Waals surface area contributed by atoms with Gasteiger partial charge in [0.2, 0.25) is 0 Å². The molecule has 78 valence electrons. The largest absolute Gasteiger partial charge is 0.472 e. The standard InChI is InChI=1S/C11H14O.C2H6/c1-8-3-4-11(9(8)2)10-5-6-12-7-10;1-2/h5-7,11H,3-4H2,1-2H3;1-2H3. The molecule has 0 spiro atoms. The van der Waals surface area contributed by atoms with Gasteiger partial charge in [-0.3, -0.25) is 0 Å². The summed E-state index contributed by atoms with van der Waals surface area (Å²) in [6.07, 6.45) is 6.14. The first kappa shape index (κ1) is 11.1. The minimum Gasteiger partial charge on any atom is -0.472 e. The smallest absolute Gasteiger partial charge is 0.0940 e. The van der Waals surface area contributed by atoms with Gasteiger partial charge in [0.25, 0.3) is 0 Å². The summed E-state index contributed by atoms with van der Waals surface area (Å²) in [4.78, 5) is 0. The van der Waals surface area contributed by atoms with Gasteiger partial charge in [0.1, 0.15) is 0 Å². The number of hydrogen-bond acceptors (Lipinski definition) is 1. The van der Waals surface area contributed by atoms with Gasteiger partial charge in [-0.15, -0.1) is 0 Å².